The number of nitrogens with zero attached hydrogens (tertiary/aromatic N) is 2. The van der Waals surface area contributed by atoms with Crippen molar-refractivity contribution in [2.45, 2.75) is 25.2 Å². The van der Waals surface area contributed by atoms with Crippen molar-refractivity contribution < 1.29 is 17.6 Å². The maximum atomic E-state index is 13.9. The van der Waals surface area contributed by atoms with Crippen LogP contribution in [0, 0.1) is 11.7 Å². The Hall–Kier alpha value is -2.55. The van der Waals surface area contributed by atoms with Gasteiger partial charge in [0.1, 0.15) is 5.82 Å². The number of halogens is 1. The van der Waals surface area contributed by atoms with Crippen LogP contribution >= 0.6 is 0 Å². The average molecular weight is 444 g/mol. The largest absolute Gasteiger partial charge is 0.314 e. The molecule has 0 bridgehead atoms. The second kappa shape index (κ2) is 8.53. The van der Waals surface area contributed by atoms with Gasteiger partial charge in [-0.2, -0.15) is 4.31 Å². The number of benzene rings is 2. The fourth-order valence-electron chi connectivity index (χ4n) is 3.92. The number of carbonyl (C=O) groups excluding carboxylic acids is 1. The molecule has 0 atom stereocenters. The van der Waals surface area contributed by atoms with Gasteiger partial charge < -0.3 is 5.32 Å². The smallest absolute Gasteiger partial charge is 0.243 e. The number of nitrogens with one attached hydrogen (secondary N) is 1. The molecule has 164 valence electrons. The van der Waals surface area contributed by atoms with Crippen LogP contribution in [0.1, 0.15) is 25.1 Å². The number of aromatic nitrogens is 1. The molecule has 8 heteroatoms. The molecule has 2 heterocycles. The molecule has 0 aliphatic carbocycles. The highest BCUT2D eigenvalue weighted by Gasteiger charge is 2.26. The maximum absolute atomic E-state index is 13.9. The molecular formula is C23H26FN3O3S. The first-order valence-corrected chi connectivity index (χ1v) is 11.9. The summed E-state index contributed by atoms with van der Waals surface area (Å²) in [5.74, 6) is -0.334. The van der Waals surface area contributed by atoms with Gasteiger partial charge in [-0.25, -0.2) is 12.8 Å². The molecule has 31 heavy (non-hydrogen) atoms. The lowest BCUT2D eigenvalue weighted by Crippen LogP contribution is -2.46. The van der Waals surface area contributed by atoms with Gasteiger partial charge >= 0.3 is 0 Å². The third-order valence-corrected chi connectivity index (χ3v) is 7.41. The van der Waals surface area contributed by atoms with Crippen LogP contribution in [0.4, 0.5) is 4.39 Å². The van der Waals surface area contributed by atoms with Gasteiger partial charge in [0, 0.05) is 49.7 Å². The summed E-state index contributed by atoms with van der Waals surface area (Å²) < 4.78 is 42.7. The molecule has 1 aliphatic rings. The van der Waals surface area contributed by atoms with Crippen molar-refractivity contribution in [3.8, 4) is 11.1 Å². The van der Waals surface area contributed by atoms with Crippen molar-refractivity contribution in [1.29, 1.82) is 0 Å². The summed E-state index contributed by atoms with van der Waals surface area (Å²) in [6.07, 6.45) is 2.07. The lowest BCUT2D eigenvalue weighted by molar-refractivity contribution is 0.0892. The molecule has 1 aliphatic heterocycles. The molecule has 4 rings (SSSR count). The molecule has 0 radical (unpaired) electrons. The van der Waals surface area contributed by atoms with Crippen molar-refractivity contribution in [3.63, 3.8) is 0 Å². The Morgan fingerprint density at radius 1 is 1.10 bits per heavy atom. The highest BCUT2D eigenvalue weighted by Crippen LogP contribution is 2.32. The minimum Gasteiger partial charge on any atom is -0.314 e. The van der Waals surface area contributed by atoms with Crippen LogP contribution in [0.3, 0.4) is 0 Å². The summed E-state index contributed by atoms with van der Waals surface area (Å²) in [5.41, 5.74) is 2.04. The molecule has 0 saturated carbocycles. The Labute approximate surface area is 181 Å². The quantitative estimate of drug-likeness (QED) is 0.652. The van der Waals surface area contributed by atoms with Crippen LogP contribution in [0.15, 0.2) is 53.6 Å². The van der Waals surface area contributed by atoms with Gasteiger partial charge in [0.25, 0.3) is 0 Å². The fraction of sp³-hybridized carbons (Fsp3) is 0.348. The third kappa shape index (κ3) is 4.28. The third-order valence-electron chi connectivity index (χ3n) is 5.50. The van der Waals surface area contributed by atoms with E-state index in [0.717, 1.165) is 16.5 Å². The first-order valence-electron chi connectivity index (χ1n) is 10.4. The van der Waals surface area contributed by atoms with Gasteiger partial charge in [-0.3, -0.25) is 9.36 Å². The lowest BCUT2D eigenvalue weighted by atomic mass is 10.1. The van der Waals surface area contributed by atoms with Crippen molar-refractivity contribution in [3.05, 3.63) is 54.5 Å². The normalized spacial score (nSPS) is 15.6. The van der Waals surface area contributed by atoms with E-state index >= 15 is 0 Å². The zero-order valence-corrected chi connectivity index (χ0v) is 18.5. The number of hydrogen-bond donors (Lipinski definition) is 1. The molecule has 6 nitrogen and oxygen atoms in total. The Balaban J connectivity index is 1.73. The molecule has 2 aromatic carbocycles. The van der Waals surface area contributed by atoms with E-state index < -0.39 is 15.8 Å². The fourth-order valence-corrected chi connectivity index (χ4v) is 5.37. The highest BCUT2D eigenvalue weighted by molar-refractivity contribution is 7.89. The van der Waals surface area contributed by atoms with Crippen molar-refractivity contribution in [2.75, 3.05) is 26.2 Å². The summed E-state index contributed by atoms with van der Waals surface area (Å²) in [6.45, 7) is 6.09. The van der Waals surface area contributed by atoms with Gasteiger partial charge in [0.05, 0.1) is 10.4 Å². The minimum atomic E-state index is -3.55. The highest BCUT2D eigenvalue weighted by atomic mass is 32.2. The molecule has 1 fully saturated rings. The van der Waals surface area contributed by atoms with Gasteiger partial charge in [0.2, 0.25) is 15.9 Å². The molecule has 1 saturated heterocycles. The predicted octanol–water partition coefficient (Wildman–Crippen LogP) is 3.73. The van der Waals surface area contributed by atoms with E-state index in [0.29, 0.717) is 38.1 Å². The summed E-state index contributed by atoms with van der Waals surface area (Å²) in [4.78, 5) is 13.0. The number of carbonyl (C=O) groups is 1. The van der Waals surface area contributed by atoms with E-state index in [1.165, 1.54) is 21.0 Å². The Kier molecular flexibility index (Phi) is 5.96. The molecule has 0 spiro atoms. The maximum Gasteiger partial charge on any atom is 0.243 e. The van der Waals surface area contributed by atoms with Gasteiger partial charge in [-0.1, -0.05) is 26.0 Å². The Morgan fingerprint density at radius 2 is 1.77 bits per heavy atom. The number of rotatable bonds is 5. The monoisotopic (exact) mass is 443 g/mol. The van der Waals surface area contributed by atoms with Crippen LogP contribution in [0.2, 0.25) is 0 Å². The van der Waals surface area contributed by atoms with Gasteiger partial charge in [0.15, 0.2) is 0 Å². The van der Waals surface area contributed by atoms with E-state index in [2.05, 4.69) is 5.32 Å². The molecule has 3 aromatic rings. The van der Waals surface area contributed by atoms with E-state index in [-0.39, 0.29) is 16.7 Å². The summed E-state index contributed by atoms with van der Waals surface area (Å²) >= 11 is 0. The first-order chi connectivity index (χ1) is 14.8. The Bertz CT molecular complexity index is 1210. The summed E-state index contributed by atoms with van der Waals surface area (Å²) in [6, 6.07) is 11.1. The molecule has 1 aromatic heterocycles. The second-order valence-corrected chi connectivity index (χ2v) is 10.2. The van der Waals surface area contributed by atoms with E-state index in [1.807, 2.05) is 13.8 Å². The van der Waals surface area contributed by atoms with E-state index in [9.17, 15) is 17.6 Å². The second-order valence-electron chi connectivity index (χ2n) is 8.24. The molecule has 1 N–H and O–H groups in total. The SMILES string of the molecule is CC(C)CC(=O)n1cc(-c2ccc(S(=O)(=O)N3CCNCC3)cc2)c2ccc(F)cc21. The van der Waals surface area contributed by atoms with Gasteiger partial charge in [-0.05, 0) is 41.8 Å². The van der Waals surface area contributed by atoms with Crippen LogP contribution in [0.5, 0.6) is 0 Å². The van der Waals surface area contributed by atoms with Crippen molar-refractivity contribution >= 4 is 26.8 Å². The minimum absolute atomic E-state index is 0.102. The first kappa shape index (κ1) is 21.7. The zero-order chi connectivity index (χ0) is 22.2. The number of piperazine rings is 1. The topological polar surface area (TPSA) is 71.4 Å². The van der Waals surface area contributed by atoms with E-state index in [4.69, 9.17) is 0 Å². The standard InChI is InChI=1S/C23H26FN3O3S/c1-16(2)13-23(28)27-15-21(20-8-5-18(24)14-22(20)27)17-3-6-19(7-4-17)31(29,30)26-11-9-25-10-12-26/h3-8,14-16,25H,9-13H2,1-2H3. The van der Waals surface area contributed by atoms with Gasteiger partial charge in [-0.15, -0.1) is 0 Å². The molecular weight excluding hydrogens is 417 g/mol. The molecule has 0 amide bonds. The summed E-state index contributed by atoms with van der Waals surface area (Å²) in [5, 5.41) is 3.90. The molecule has 0 unspecified atom stereocenters. The average Bonchev–Trinajstić information content (AvgIpc) is 3.13. The predicted molar refractivity (Wildman–Crippen MR) is 119 cm³/mol. The number of hydrogen-bond acceptors (Lipinski definition) is 4. The number of sulfonamides is 1. The van der Waals surface area contributed by atoms with Crippen molar-refractivity contribution in [2.24, 2.45) is 5.92 Å². The van der Waals surface area contributed by atoms with Crippen LogP contribution in [-0.2, 0) is 10.0 Å². The zero-order valence-electron chi connectivity index (χ0n) is 17.6. The van der Waals surface area contributed by atoms with Crippen LogP contribution < -0.4 is 5.32 Å². The number of fused-ring (bicyclic) bond motifs is 1. The Morgan fingerprint density at radius 3 is 2.42 bits per heavy atom. The van der Waals surface area contributed by atoms with Crippen molar-refractivity contribution in [1.82, 2.24) is 14.2 Å². The van der Waals surface area contributed by atoms with E-state index in [1.54, 1.807) is 36.5 Å². The summed E-state index contributed by atoms with van der Waals surface area (Å²) in [7, 11) is -3.55. The lowest BCUT2D eigenvalue weighted by Gasteiger charge is -2.26. The van der Waals surface area contributed by atoms with Crippen LogP contribution in [-0.4, -0.2) is 49.4 Å². The van der Waals surface area contributed by atoms with Crippen LogP contribution in [0.25, 0.3) is 22.0 Å².